The number of hydrogen-bond donors (Lipinski definition) is 1. The van der Waals surface area contributed by atoms with Crippen molar-refractivity contribution in [1.29, 1.82) is 0 Å². The van der Waals surface area contributed by atoms with Crippen molar-refractivity contribution in [3.05, 3.63) is 134 Å². The number of allylic oxidation sites excluding steroid dienone is 4. The van der Waals surface area contributed by atoms with Gasteiger partial charge in [0.2, 0.25) is 0 Å². The number of carbonyl (C=O) groups is 2. The Morgan fingerprint density at radius 3 is 2.32 bits per heavy atom. The third-order valence-electron chi connectivity index (χ3n) is 8.95. The largest absolute Gasteiger partial charge is 0.463 e. The first-order valence-corrected chi connectivity index (χ1v) is 13.6. The number of rotatable bonds is 4. The summed E-state index contributed by atoms with van der Waals surface area (Å²) < 4.78 is 9.99. The minimum absolute atomic E-state index is 0.133. The average Bonchev–Trinajstić information content (AvgIpc) is 3.57. The Hall–Kier alpha value is -4.76. The van der Waals surface area contributed by atoms with Crippen LogP contribution in [0.15, 0.2) is 105 Å². The van der Waals surface area contributed by atoms with Crippen LogP contribution in [0.4, 0.5) is 0 Å². The molecule has 2 aromatic carbocycles. The van der Waals surface area contributed by atoms with E-state index in [0.29, 0.717) is 28.2 Å². The van der Waals surface area contributed by atoms with Gasteiger partial charge < -0.3 is 9.52 Å². The monoisotopic (exact) mass is 549 g/mol. The van der Waals surface area contributed by atoms with Crippen molar-refractivity contribution in [3.63, 3.8) is 0 Å². The van der Waals surface area contributed by atoms with Crippen LogP contribution in [0.3, 0.4) is 0 Å². The highest BCUT2D eigenvalue weighted by molar-refractivity contribution is 6.31. The van der Waals surface area contributed by atoms with Gasteiger partial charge in [-0.3, -0.25) is 9.59 Å². The van der Waals surface area contributed by atoms with E-state index in [-0.39, 0.29) is 31.1 Å². The van der Waals surface area contributed by atoms with E-state index in [1.165, 1.54) is 22.5 Å². The minimum atomic E-state index is -1.37. The summed E-state index contributed by atoms with van der Waals surface area (Å²) in [6.07, 6.45) is 3.48. The molecule has 0 bridgehead atoms. The Morgan fingerprint density at radius 2 is 1.63 bits per heavy atom. The number of hydrogen-bond acceptors (Lipinski definition) is 6. The third-order valence-corrected chi connectivity index (χ3v) is 8.95. The fourth-order valence-electron chi connectivity index (χ4n) is 7.19. The molecule has 7 rings (SSSR count). The van der Waals surface area contributed by atoms with E-state index < -0.39 is 34.7 Å². The van der Waals surface area contributed by atoms with Crippen LogP contribution >= 0.6 is 0 Å². The highest BCUT2D eigenvalue weighted by atomic mass is 16.4. The average molecular weight is 550 g/mol. The lowest BCUT2D eigenvalue weighted by molar-refractivity contribution is -0.133. The molecule has 41 heavy (non-hydrogen) atoms. The molecule has 9 nitrogen and oxygen atoms in total. The molecule has 2 aliphatic carbocycles. The summed E-state index contributed by atoms with van der Waals surface area (Å²) in [7, 11) is 1.43. The number of fused-ring (bicyclic) bond motifs is 4. The Bertz CT molecular complexity index is 1890. The number of benzene rings is 2. The second kappa shape index (κ2) is 9.14. The van der Waals surface area contributed by atoms with Gasteiger partial charge in [0.05, 0.1) is 23.9 Å². The fourth-order valence-corrected chi connectivity index (χ4v) is 7.19. The third kappa shape index (κ3) is 3.39. The zero-order valence-electron chi connectivity index (χ0n) is 22.3. The summed E-state index contributed by atoms with van der Waals surface area (Å²) in [5, 5.41) is 9.82. The number of nitrogens with zero attached hydrogens (tertiary/aromatic N) is 3. The molecule has 1 fully saturated rings. The van der Waals surface area contributed by atoms with Crippen molar-refractivity contribution in [2.24, 2.45) is 13.0 Å². The molecule has 0 spiro atoms. The van der Waals surface area contributed by atoms with E-state index in [0.717, 1.165) is 10.1 Å². The highest BCUT2D eigenvalue weighted by Gasteiger charge is 2.64. The molecule has 4 atom stereocenters. The predicted octanol–water partition coefficient (Wildman–Crippen LogP) is 2.89. The van der Waals surface area contributed by atoms with Crippen LogP contribution in [-0.2, 0) is 35.2 Å². The smallest absolute Gasteiger partial charge is 0.347 e. The Balaban J connectivity index is 1.55. The highest BCUT2D eigenvalue weighted by Crippen LogP contribution is 2.61. The van der Waals surface area contributed by atoms with Gasteiger partial charge in [0, 0.05) is 18.5 Å². The van der Waals surface area contributed by atoms with Crippen LogP contribution in [0.1, 0.15) is 41.0 Å². The van der Waals surface area contributed by atoms with E-state index >= 15 is 0 Å². The van der Waals surface area contributed by atoms with Crippen LogP contribution in [-0.4, -0.2) is 30.6 Å². The van der Waals surface area contributed by atoms with Crippen LogP contribution in [0, 0.1) is 5.92 Å². The van der Waals surface area contributed by atoms with Crippen LogP contribution < -0.4 is 11.4 Å². The summed E-state index contributed by atoms with van der Waals surface area (Å²) in [5.74, 6) is -1.35. The molecule has 206 valence electrons. The predicted molar refractivity (Wildman–Crippen MR) is 149 cm³/mol. The molecule has 0 amide bonds. The lowest BCUT2D eigenvalue weighted by Gasteiger charge is -2.53. The molecule has 4 aromatic rings. The molecule has 2 aromatic heterocycles. The molecule has 9 heteroatoms. The number of Topliss-reactive ketones (excluding diaryl/α,β-unsaturated/α-hetero) is 1. The first-order valence-electron chi connectivity index (χ1n) is 13.6. The van der Waals surface area contributed by atoms with Crippen molar-refractivity contribution in [1.82, 2.24) is 13.9 Å². The number of ketones is 2. The van der Waals surface area contributed by atoms with E-state index in [9.17, 15) is 24.3 Å². The molecule has 1 aliphatic heterocycles. The maximum Gasteiger partial charge on any atom is 0.347 e. The van der Waals surface area contributed by atoms with Gasteiger partial charge in [-0.05, 0) is 41.3 Å². The zero-order valence-corrected chi connectivity index (χ0v) is 22.3. The molecular formula is C32H27N3O6. The molecule has 3 aliphatic rings. The first kappa shape index (κ1) is 25.2. The number of aromatic nitrogens is 3. The lowest BCUT2D eigenvalue weighted by atomic mass is 9.48. The van der Waals surface area contributed by atoms with E-state index in [4.69, 9.17) is 4.42 Å². The number of furan rings is 1. The van der Waals surface area contributed by atoms with Crippen molar-refractivity contribution in [2.75, 3.05) is 0 Å². The van der Waals surface area contributed by atoms with Gasteiger partial charge in [-0.1, -0.05) is 66.7 Å². The summed E-state index contributed by atoms with van der Waals surface area (Å²) in [6, 6.07) is 21.1. The number of aliphatic hydroxyl groups is 1. The molecular weight excluding hydrogens is 522 g/mol. The number of aliphatic hydroxyl groups excluding tert-OH is 1. The van der Waals surface area contributed by atoms with Gasteiger partial charge in [-0.2, -0.15) is 0 Å². The zero-order chi connectivity index (χ0) is 28.5. The Morgan fingerprint density at radius 1 is 0.927 bits per heavy atom. The Kier molecular flexibility index (Phi) is 5.62. The molecule has 0 unspecified atom stereocenters. The van der Waals surface area contributed by atoms with Crippen molar-refractivity contribution in [2.45, 2.75) is 36.9 Å². The van der Waals surface area contributed by atoms with Gasteiger partial charge in [-0.25, -0.2) is 23.5 Å². The lowest BCUT2D eigenvalue weighted by Crippen LogP contribution is -2.58. The second-order valence-corrected chi connectivity index (χ2v) is 10.8. The van der Waals surface area contributed by atoms with Gasteiger partial charge in [-0.15, -0.1) is 0 Å². The first-order chi connectivity index (χ1) is 19.9. The van der Waals surface area contributed by atoms with Gasteiger partial charge in [0.15, 0.2) is 11.6 Å². The summed E-state index contributed by atoms with van der Waals surface area (Å²) in [5.41, 5.74) is 0.0602. The van der Waals surface area contributed by atoms with Crippen LogP contribution in [0.2, 0.25) is 0 Å². The fraction of sp³-hybridized carbons (Fsp3) is 0.250. The van der Waals surface area contributed by atoms with Crippen molar-refractivity contribution >= 4 is 17.1 Å². The van der Waals surface area contributed by atoms with E-state index in [1.807, 2.05) is 54.6 Å². The SMILES string of the molecule is Cn1c(=O)n2n(c1=O)[C@@H]1C[C@H]3C(=O)C(c4ccccc4)=CC(=O)[C@@]3(c3ccccc3)[C@@H](c3ccc(CO)o3)C1=CC2. The van der Waals surface area contributed by atoms with E-state index in [1.54, 1.807) is 24.3 Å². The van der Waals surface area contributed by atoms with Crippen molar-refractivity contribution < 1.29 is 19.1 Å². The maximum atomic E-state index is 14.7. The summed E-state index contributed by atoms with van der Waals surface area (Å²) in [6.45, 7) is -0.201. The van der Waals surface area contributed by atoms with Crippen LogP contribution in [0.25, 0.3) is 5.57 Å². The quantitative estimate of drug-likeness (QED) is 0.392. The standard InChI is InChI=1S/C32H27N3O6/c1-33-30(39)34-15-14-22-25(35(34)31(33)40)17-24-29(38)23(19-8-4-2-5-9-19)16-27(37)32(24,20-10-6-3-7-11-20)28(22)26-13-12-21(18-36)41-26/h2-14,16,24-25,28,36H,15,17-18H2,1H3/t24-,25+,28+,32-/m0/s1. The maximum absolute atomic E-state index is 14.7. The molecule has 1 saturated carbocycles. The van der Waals surface area contributed by atoms with Gasteiger partial charge in [0.25, 0.3) is 0 Å². The van der Waals surface area contributed by atoms with Crippen LogP contribution in [0.5, 0.6) is 0 Å². The van der Waals surface area contributed by atoms with Gasteiger partial charge in [0.1, 0.15) is 18.1 Å². The van der Waals surface area contributed by atoms with Gasteiger partial charge >= 0.3 is 11.4 Å². The summed E-state index contributed by atoms with van der Waals surface area (Å²) >= 11 is 0. The number of carbonyl (C=O) groups excluding carboxylic acids is 2. The second-order valence-electron chi connectivity index (χ2n) is 10.8. The minimum Gasteiger partial charge on any atom is -0.463 e. The molecule has 0 radical (unpaired) electrons. The molecule has 1 N–H and O–H groups in total. The molecule has 3 heterocycles. The Labute approximate surface area is 234 Å². The molecule has 0 saturated heterocycles. The normalized spacial score (nSPS) is 25.2. The topological polar surface area (TPSA) is 116 Å². The van der Waals surface area contributed by atoms with E-state index in [2.05, 4.69) is 0 Å². The summed E-state index contributed by atoms with van der Waals surface area (Å²) in [4.78, 5) is 55.6. The van der Waals surface area contributed by atoms with Crippen molar-refractivity contribution in [3.8, 4) is 0 Å².